The first-order chi connectivity index (χ1) is 8.69. The highest BCUT2D eigenvalue weighted by Crippen LogP contribution is 2.17. The minimum absolute atomic E-state index is 0.307. The number of amides is 1. The second kappa shape index (κ2) is 5.18. The van der Waals surface area contributed by atoms with Crippen molar-refractivity contribution < 1.29 is 9.53 Å². The van der Waals surface area contributed by atoms with Crippen molar-refractivity contribution in [3.8, 4) is 5.75 Å². The molecule has 1 aromatic heterocycles. The zero-order chi connectivity index (χ0) is 13.0. The van der Waals surface area contributed by atoms with Crippen molar-refractivity contribution in [3.63, 3.8) is 0 Å². The molecule has 0 saturated heterocycles. The Kier molecular flexibility index (Phi) is 3.43. The molecule has 1 aromatic carbocycles. The first-order valence-corrected chi connectivity index (χ1v) is 5.33. The lowest BCUT2D eigenvalue weighted by Crippen LogP contribution is -2.15. The molecule has 5 heteroatoms. The van der Waals surface area contributed by atoms with Crippen molar-refractivity contribution in [1.82, 2.24) is 4.98 Å². The molecule has 1 heterocycles. The second-order valence-corrected chi connectivity index (χ2v) is 3.63. The monoisotopic (exact) mass is 244 g/mol. The van der Waals surface area contributed by atoms with Gasteiger partial charge in [-0.1, -0.05) is 6.07 Å². The van der Waals surface area contributed by atoms with E-state index >= 15 is 0 Å². The Morgan fingerprint density at radius 1 is 1.28 bits per heavy atom. The maximum absolute atomic E-state index is 11.9. The average molecular weight is 244 g/mol. The number of methoxy groups -OCH3 is 1. The molecule has 0 bridgehead atoms. The lowest BCUT2D eigenvalue weighted by Gasteiger charge is -2.06. The lowest BCUT2D eigenvalue weighted by atomic mass is 10.2. The third-order valence-electron chi connectivity index (χ3n) is 2.36. The number of pyridine rings is 1. The third kappa shape index (κ3) is 2.76. The van der Waals surface area contributed by atoms with Crippen LogP contribution < -0.4 is 15.6 Å². The van der Waals surface area contributed by atoms with Gasteiger partial charge >= 0.3 is 0 Å². The van der Waals surface area contributed by atoms with Gasteiger partial charge in [-0.2, -0.15) is 0 Å². The average Bonchev–Trinajstić information content (AvgIpc) is 2.39. The van der Waals surface area contributed by atoms with E-state index in [0.29, 0.717) is 17.0 Å². The van der Waals surface area contributed by atoms with Gasteiger partial charge in [-0.05, 0) is 18.2 Å². The number of carbonyl (C=O) groups excluding carboxylic acids is 1. The maximum atomic E-state index is 11.9. The minimum Gasteiger partial charge on any atom is -0.497 e. The van der Waals surface area contributed by atoms with Crippen LogP contribution in [-0.2, 0) is 0 Å². The number of H-pyrrole nitrogens is 1. The van der Waals surface area contributed by atoms with E-state index in [9.17, 15) is 9.59 Å². The smallest absolute Gasteiger partial charge is 0.255 e. The van der Waals surface area contributed by atoms with Crippen molar-refractivity contribution >= 4 is 11.6 Å². The summed E-state index contributed by atoms with van der Waals surface area (Å²) in [5.74, 6) is 0.313. The van der Waals surface area contributed by atoms with Crippen LogP contribution in [0.1, 0.15) is 10.4 Å². The number of carbonyl (C=O) groups is 1. The van der Waals surface area contributed by atoms with Crippen LogP contribution in [0.4, 0.5) is 5.69 Å². The number of rotatable bonds is 3. The number of ether oxygens (including phenoxy) is 1. The maximum Gasteiger partial charge on any atom is 0.255 e. The van der Waals surface area contributed by atoms with E-state index in [-0.39, 0.29) is 11.5 Å². The van der Waals surface area contributed by atoms with Gasteiger partial charge in [0.2, 0.25) is 5.56 Å². The highest BCUT2D eigenvalue weighted by atomic mass is 16.5. The molecular weight excluding hydrogens is 232 g/mol. The minimum atomic E-state index is -0.339. The molecule has 0 saturated carbocycles. The number of hydrogen-bond donors (Lipinski definition) is 2. The first-order valence-electron chi connectivity index (χ1n) is 5.33. The topological polar surface area (TPSA) is 71.2 Å². The lowest BCUT2D eigenvalue weighted by molar-refractivity contribution is 0.102. The zero-order valence-electron chi connectivity index (χ0n) is 9.77. The van der Waals surface area contributed by atoms with Crippen molar-refractivity contribution in [1.29, 1.82) is 0 Å². The van der Waals surface area contributed by atoms with Crippen molar-refractivity contribution in [2.75, 3.05) is 12.4 Å². The molecule has 2 rings (SSSR count). The van der Waals surface area contributed by atoms with Crippen molar-refractivity contribution in [2.45, 2.75) is 0 Å². The fourth-order valence-corrected chi connectivity index (χ4v) is 1.49. The van der Waals surface area contributed by atoms with Gasteiger partial charge in [-0.15, -0.1) is 0 Å². The Morgan fingerprint density at radius 3 is 2.83 bits per heavy atom. The number of hydrogen-bond acceptors (Lipinski definition) is 3. The van der Waals surface area contributed by atoms with E-state index in [1.54, 1.807) is 31.4 Å². The van der Waals surface area contributed by atoms with Crippen LogP contribution in [0.25, 0.3) is 0 Å². The number of anilines is 1. The second-order valence-electron chi connectivity index (χ2n) is 3.63. The summed E-state index contributed by atoms with van der Waals surface area (Å²) in [5.41, 5.74) is 0.606. The normalized spacial score (nSPS) is 9.83. The molecule has 0 aliphatic heterocycles. The standard InChI is InChI=1S/C13H12N2O3/c1-18-11-4-2-3-10(8-11)15-13(17)9-5-6-14-12(16)7-9/h2-8H,1H3,(H,14,16)(H,15,17). The van der Waals surface area contributed by atoms with Gasteiger partial charge in [0.25, 0.3) is 5.91 Å². The summed E-state index contributed by atoms with van der Waals surface area (Å²) in [6, 6.07) is 9.78. The Hall–Kier alpha value is -2.56. The van der Waals surface area contributed by atoms with Gasteiger partial charge in [0.1, 0.15) is 5.75 Å². The van der Waals surface area contributed by atoms with Crippen LogP contribution in [0.15, 0.2) is 47.4 Å². The van der Waals surface area contributed by atoms with Crippen LogP contribution in [0.3, 0.4) is 0 Å². The molecular formula is C13H12N2O3. The summed E-state index contributed by atoms with van der Waals surface area (Å²) in [6.45, 7) is 0. The highest BCUT2D eigenvalue weighted by molar-refractivity contribution is 6.04. The quantitative estimate of drug-likeness (QED) is 0.862. The number of benzene rings is 1. The molecule has 5 nitrogen and oxygen atoms in total. The Labute approximate surface area is 103 Å². The molecule has 1 amide bonds. The number of aromatic amines is 1. The van der Waals surface area contributed by atoms with Gasteiger partial charge in [0, 0.05) is 29.6 Å². The molecule has 92 valence electrons. The molecule has 0 aliphatic rings. The van der Waals surface area contributed by atoms with Gasteiger partial charge in [-0.3, -0.25) is 9.59 Å². The molecule has 0 radical (unpaired) electrons. The summed E-state index contributed by atoms with van der Waals surface area (Å²) in [4.78, 5) is 25.4. The molecule has 0 unspecified atom stereocenters. The van der Waals surface area contributed by atoms with Crippen molar-refractivity contribution in [3.05, 3.63) is 58.5 Å². The van der Waals surface area contributed by atoms with E-state index in [0.717, 1.165) is 0 Å². The highest BCUT2D eigenvalue weighted by Gasteiger charge is 2.06. The molecule has 2 N–H and O–H groups in total. The largest absolute Gasteiger partial charge is 0.497 e. The summed E-state index contributed by atoms with van der Waals surface area (Å²) in [5, 5.41) is 2.69. The third-order valence-corrected chi connectivity index (χ3v) is 2.36. The van der Waals surface area contributed by atoms with E-state index in [1.165, 1.54) is 18.3 Å². The molecule has 0 spiro atoms. The van der Waals surface area contributed by atoms with Crippen LogP contribution in [-0.4, -0.2) is 18.0 Å². The van der Waals surface area contributed by atoms with Crippen LogP contribution in [0, 0.1) is 0 Å². The Bertz CT molecular complexity index is 619. The van der Waals surface area contributed by atoms with E-state index in [4.69, 9.17) is 4.74 Å². The number of aromatic nitrogens is 1. The van der Waals surface area contributed by atoms with Gasteiger partial charge < -0.3 is 15.0 Å². The SMILES string of the molecule is COc1cccc(NC(=O)c2cc[nH]c(=O)c2)c1. The summed E-state index contributed by atoms with van der Waals surface area (Å²) >= 11 is 0. The molecule has 18 heavy (non-hydrogen) atoms. The molecule has 0 aliphatic carbocycles. The summed E-state index contributed by atoms with van der Waals surface area (Å²) in [7, 11) is 1.55. The fourth-order valence-electron chi connectivity index (χ4n) is 1.49. The summed E-state index contributed by atoms with van der Waals surface area (Å²) in [6.07, 6.45) is 1.43. The van der Waals surface area contributed by atoms with E-state index < -0.39 is 0 Å². The molecule has 0 atom stereocenters. The van der Waals surface area contributed by atoms with Crippen LogP contribution >= 0.6 is 0 Å². The van der Waals surface area contributed by atoms with E-state index in [2.05, 4.69) is 10.3 Å². The zero-order valence-corrected chi connectivity index (χ0v) is 9.77. The first kappa shape index (κ1) is 11.9. The predicted molar refractivity (Wildman–Crippen MR) is 68.0 cm³/mol. The number of nitrogens with one attached hydrogen (secondary N) is 2. The molecule has 0 fully saturated rings. The van der Waals surface area contributed by atoms with Crippen LogP contribution in [0.5, 0.6) is 5.75 Å². The molecule has 2 aromatic rings. The van der Waals surface area contributed by atoms with Crippen LogP contribution in [0.2, 0.25) is 0 Å². The van der Waals surface area contributed by atoms with Gasteiger partial charge in [-0.25, -0.2) is 0 Å². The summed E-state index contributed by atoms with van der Waals surface area (Å²) < 4.78 is 5.05. The fraction of sp³-hybridized carbons (Fsp3) is 0.0769. The van der Waals surface area contributed by atoms with Crippen molar-refractivity contribution in [2.24, 2.45) is 0 Å². The predicted octanol–water partition coefficient (Wildman–Crippen LogP) is 1.64. The van der Waals surface area contributed by atoms with Gasteiger partial charge in [0.15, 0.2) is 0 Å². The van der Waals surface area contributed by atoms with E-state index in [1.807, 2.05) is 0 Å². The Morgan fingerprint density at radius 2 is 2.11 bits per heavy atom. The van der Waals surface area contributed by atoms with Gasteiger partial charge in [0.05, 0.1) is 7.11 Å². The Balaban J connectivity index is 2.18.